The molecule has 1 aliphatic heterocycles. The molecule has 1 N–H and O–H groups in total. The molecule has 2 heterocycles. The maximum Gasteiger partial charge on any atom is 0.161 e. The largest absolute Gasteiger partial charge is 0.493 e. The number of aliphatic hydroxyl groups excluding tert-OH is 1. The normalized spacial score (nSPS) is 17.2. The van der Waals surface area contributed by atoms with Crippen LogP contribution in [0.4, 0.5) is 0 Å². The van der Waals surface area contributed by atoms with E-state index in [0.29, 0.717) is 13.1 Å². The summed E-state index contributed by atoms with van der Waals surface area (Å²) in [4.78, 5) is 4.75. The predicted molar refractivity (Wildman–Crippen MR) is 99.5 cm³/mol. The highest BCUT2D eigenvalue weighted by Crippen LogP contribution is 2.28. The van der Waals surface area contributed by atoms with Gasteiger partial charge in [0.25, 0.3) is 0 Å². The topological polar surface area (TPSA) is 63.0 Å². The molecule has 7 heteroatoms. The summed E-state index contributed by atoms with van der Waals surface area (Å²) in [5.74, 6) is 1.53. The Morgan fingerprint density at radius 3 is 2.42 bits per heavy atom. The molecule has 1 fully saturated rings. The molecule has 2 aromatic rings. The number of aromatic nitrogens is 2. The molecule has 0 aliphatic carbocycles. The monoisotopic (exact) mass is 360 g/mol. The number of piperazine rings is 1. The lowest BCUT2D eigenvalue weighted by molar-refractivity contribution is 0.0605. The molecular weight excluding hydrogens is 332 g/mol. The van der Waals surface area contributed by atoms with Crippen molar-refractivity contribution in [3.63, 3.8) is 0 Å². The average Bonchev–Trinajstić information content (AvgIpc) is 3.16. The summed E-state index contributed by atoms with van der Waals surface area (Å²) in [5, 5.41) is 14.4. The van der Waals surface area contributed by atoms with Crippen LogP contribution in [0.1, 0.15) is 5.56 Å². The van der Waals surface area contributed by atoms with Crippen LogP contribution in [0.3, 0.4) is 0 Å². The van der Waals surface area contributed by atoms with E-state index in [0.717, 1.165) is 44.2 Å². The number of aliphatic hydroxyl groups is 1. The summed E-state index contributed by atoms with van der Waals surface area (Å²) in [6.45, 7) is 6.02. The Labute approximate surface area is 154 Å². The highest BCUT2D eigenvalue weighted by atomic mass is 16.5. The first-order valence-electron chi connectivity index (χ1n) is 8.99. The second-order valence-corrected chi connectivity index (χ2v) is 6.65. The molecule has 0 amide bonds. The fourth-order valence-corrected chi connectivity index (χ4v) is 3.35. The van der Waals surface area contributed by atoms with Crippen molar-refractivity contribution < 1.29 is 14.6 Å². The summed E-state index contributed by atoms with van der Waals surface area (Å²) in [5.41, 5.74) is 1.22. The zero-order valence-electron chi connectivity index (χ0n) is 15.5. The zero-order chi connectivity index (χ0) is 18.4. The standard InChI is InChI=1S/C19H28N4O3/c1-25-18-5-4-16(12-19(18)26-2)13-21-8-10-22(11-9-21)14-17(24)15-23-7-3-6-20-23/h3-7,12,17,24H,8-11,13-15H2,1-2H3. The van der Waals surface area contributed by atoms with Gasteiger partial charge in [-0.3, -0.25) is 14.5 Å². The van der Waals surface area contributed by atoms with Crippen molar-refractivity contribution in [1.82, 2.24) is 19.6 Å². The number of nitrogens with zero attached hydrogens (tertiary/aromatic N) is 4. The molecular formula is C19H28N4O3. The summed E-state index contributed by atoms with van der Waals surface area (Å²) in [6, 6.07) is 7.95. The van der Waals surface area contributed by atoms with Crippen LogP contribution in [0.2, 0.25) is 0 Å². The van der Waals surface area contributed by atoms with Gasteiger partial charge in [0.15, 0.2) is 11.5 Å². The van der Waals surface area contributed by atoms with Gasteiger partial charge in [0, 0.05) is 51.7 Å². The lowest BCUT2D eigenvalue weighted by Crippen LogP contribution is -2.48. The minimum Gasteiger partial charge on any atom is -0.493 e. The molecule has 142 valence electrons. The van der Waals surface area contributed by atoms with Crippen LogP contribution in [-0.4, -0.2) is 77.7 Å². The smallest absolute Gasteiger partial charge is 0.161 e. The Bertz CT molecular complexity index is 669. The van der Waals surface area contributed by atoms with E-state index >= 15 is 0 Å². The van der Waals surface area contributed by atoms with Gasteiger partial charge in [-0.15, -0.1) is 0 Å². The fraction of sp³-hybridized carbons (Fsp3) is 0.526. The molecule has 1 aromatic heterocycles. The maximum atomic E-state index is 10.2. The minimum atomic E-state index is -0.396. The van der Waals surface area contributed by atoms with E-state index in [4.69, 9.17) is 9.47 Å². The SMILES string of the molecule is COc1ccc(CN2CCN(CC(O)Cn3cccn3)CC2)cc1OC. The van der Waals surface area contributed by atoms with Crippen LogP contribution < -0.4 is 9.47 Å². The van der Waals surface area contributed by atoms with Gasteiger partial charge >= 0.3 is 0 Å². The Morgan fingerprint density at radius 1 is 1.04 bits per heavy atom. The van der Waals surface area contributed by atoms with E-state index in [2.05, 4.69) is 21.0 Å². The third-order valence-corrected chi connectivity index (χ3v) is 4.74. The van der Waals surface area contributed by atoms with Crippen LogP contribution in [-0.2, 0) is 13.1 Å². The Kier molecular flexibility index (Phi) is 6.49. The van der Waals surface area contributed by atoms with Gasteiger partial charge in [-0.25, -0.2) is 0 Å². The molecule has 0 saturated carbocycles. The summed E-state index contributed by atoms with van der Waals surface area (Å²) in [6.07, 6.45) is 3.22. The van der Waals surface area contributed by atoms with Gasteiger partial charge in [0.2, 0.25) is 0 Å². The Balaban J connectivity index is 1.45. The van der Waals surface area contributed by atoms with Crippen LogP contribution in [0, 0.1) is 0 Å². The van der Waals surface area contributed by atoms with E-state index in [1.54, 1.807) is 25.1 Å². The van der Waals surface area contributed by atoms with Crippen LogP contribution in [0.15, 0.2) is 36.7 Å². The van der Waals surface area contributed by atoms with Gasteiger partial charge in [0.05, 0.1) is 26.9 Å². The first-order valence-corrected chi connectivity index (χ1v) is 8.99. The van der Waals surface area contributed by atoms with Crippen LogP contribution in [0.5, 0.6) is 11.5 Å². The third-order valence-electron chi connectivity index (χ3n) is 4.74. The second-order valence-electron chi connectivity index (χ2n) is 6.65. The molecule has 1 aliphatic rings. The summed E-state index contributed by atoms with van der Waals surface area (Å²) >= 11 is 0. The van der Waals surface area contributed by atoms with Gasteiger partial charge in [-0.2, -0.15) is 5.10 Å². The van der Waals surface area contributed by atoms with E-state index in [-0.39, 0.29) is 0 Å². The number of benzene rings is 1. The molecule has 0 spiro atoms. The van der Waals surface area contributed by atoms with Crippen molar-refractivity contribution >= 4 is 0 Å². The summed E-state index contributed by atoms with van der Waals surface area (Å²) < 4.78 is 12.5. The van der Waals surface area contributed by atoms with E-state index in [1.165, 1.54) is 5.56 Å². The molecule has 3 rings (SSSR count). The quantitative estimate of drug-likeness (QED) is 0.760. The minimum absolute atomic E-state index is 0.396. The van der Waals surface area contributed by atoms with E-state index in [1.807, 2.05) is 24.4 Å². The molecule has 7 nitrogen and oxygen atoms in total. The van der Waals surface area contributed by atoms with Crippen molar-refractivity contribution in [1.29, 1.82) is 0 Å². The van der Waals surface area contributed by atoms with Crippen molar-refractivity contribution in [2.45, 2.75) is 19.2 Å². The lowest BCUT2D eigenvalue weighted by Gasteiger charge is -2.35. The highest BCUT2D eigenvalue weighted by molar-refractivity contribution is 5.42. The van der Waals surface area contributed by atoms with Gasteiger partial charge in [0.1, 0.15) is 0 Å². The van der Waals surface area contributed by atoms with Crippen molar-refractivity contribution in [3.8, 4) is 11.5 Å². The summed E-state index contributed by atoms with van der Waals surface area (Å²) in [7, 11) is 3.31. The molecule has 0 radical (unpaired) electrons. The van der Waals surface area contributed by atoms with Crippen molar-refractivity contribution in [3.05, 3.63) is 42.2 Å². The van der Waals surface area contributed by atoms with E-state index < -0.39 is 6.10 Å². The fourth-order valence-electron chi connectivity index (χ4n) is 3.35. The molecule has 1 atom stereocenters. The van der Waals surface area contributed by atoms with Gasteiger partial charge in [-0.05, 0) is 23.8 Å². The Morgan fingerprint density at radius 2 is 1.77 bits per heavy atom. The predicted octanol–water partition coefficient (Wildman–Crippen LogP) is 1.08. The third kappa shape index (κ3) is 4.97. The first kappa shape index (κ1) is 18.7. The second kappa shape index (κ2) is 9.02. The molecule has 1 saturated heterocycles. The number of methoxy groups -OCH3 is 2. The van der Waals surface area contributed by atoms with Crippen LogP contribution >= 0.6 is 0 Å². The Hall–Kier alpha value is -2.09. The molecule has 26 heavy (non-hydrogen) atoms. The average molecular weight is 360 g/mol. The number of ether oxygens (including phenoxy) is 2. The van der Waals surface area contributed by atoms with Crippen molar-refractivity contribution in [2.24, 2.45) is 0 Å². The number of β-amino-alcohol motifs (C(OH)–C–C–N with tert-alkyl or cyclic N) is 1. The van der Waals surface area contributed by atoms with E-state index in [9.17, 15) is 5.11 Å². The number of hydrogen-bond donors (Lipinski definition) is 1. The first-order chi connectivity index (χ1) is 12.7. The zero-order valence-corrected chi connectivity index (χ0v) is 15.5. The lowest BCUT2D eigenvalue weighted by atomic mass is 10.1. The number of hydrogen-bond acceptors (Lipinski definition) is 6. The molecule has 1 unspecified atom stereocenters. The molecule has 1 aromatic carbocycles. The van der Waals surface area contributed by atoms with Gasteiger partial charge in [-0.1, -0.05) is 6.07 Å². The van der Waals surface area contributed by atoms with Gasteiger partial charge < -0.3 is 14.6 Å². The highest BCUT2D eigenvalue weighted by Gasteiger charge is 2.20. The van der Waals surface area contributed by atoms with Crippen LogP contribution in [0.25, 0.3) is 0 Å². The number of rotatable bonds is 8. The van der Waals surface area contributed by atoms with Crippen molar-refractivity contribution in [2.75, 3.05) is 46.9 Å². The maximum absolute atomic E-state index is 10.2. The molecule has 0 bridgehead atoms.